The number of fused-ring (bicyclic) bond motifs is 3. The van der Waals surface area contributed by atoms with Gasteiger partial charge < -0.3 is 9.30 Å². The van der Waals surface area contributed by atoms with Crippen LogP contribution in [0.3, 0.4) is 0 Å². The molecule has 0 amide bonds. The van der Waals surface area contributed by atoms with Crippen molar-refractivity contribution < 1.29 is 9.30 Å². The van der Waals surface area contributed by atoms with Crippen LogP contribution in [0.15, 0.2) is 72.8 Å². The predicted molar refractivity (Wildman–Crippen MR) is 91.4 cm³/mol. The minimum Gasteiger partial charge on any atom is -0.496 e. The van der Waals surface area contributed by atoms with Gasteiger partial charge in [-0.15, -0.1) is 0 Å². The lowest BCUT2D eigenvalue weighted by Gasteiger charge is -2.15. The predicted octanol–water partition coefficient (Wildman–Crippen LogP) is 3.32. The molecule has 3 aromatic rings. The van der Waals surface area contributed by atoms with Gasteiger partial charge in [0.2, 0.25) is 0 Å². The van der Waals surface area contributed by atoms with Crippen molar-refractivity contribution in [3.63, 3.8) is 0 Å². The molecule has 0 aromatic heterocycles. The summed E-state index contributed by atoms with van der Waals surface area (Å²) in [6.45, 7) is 0. The van der Waals surface area contributed by atoms with Gasteiger partial charge in [0, 0.05) is 21.5 Å². The Morgan fingerprint density at radius 3 is 2.23 bits per heavy atom. The average Bonchev–Trinajstić information content (AvgIpc) is 2.87. The van der Waals surface area contributed by atoms with E-state index in [9.17, 15) is 4.57 Å². The van der Waals surface area contributed by atoms with E-state index >= 15 is 0 Å². The molecule has 3 heteroatoms. The maximum absolute atomic E-state index is 14.1. The van der Waals surface area contributed by atoms with E-state index in [1.54, 1.807) is 7.11 Å². The summed E-state index contributed by atoms with van der Waals surface area (Å²) in [6, 6.07) is 23.5. The van der Waals surface area contributed by atoms with Gasteiger partial charge in [0.05, 0.1) is 7.11 Å². The summed E-state index contributed by atoms with van der Waals surface area (Å²) < 4.78 is 19.6. The Morgan fingerprint density at radius 1 is 0.773 bits per heavy atom. The summed E-state index contributed by atoms with van der Waals surface area (Å²) in [7, 11) is -1.17. The second-order valence-corrected chi connectivity index (χ2v) is 8.01. The van der Waals surface area contributed by atoms with E-state index in [1.807, 2.05) is 72.8 Å². The minimum absolute atomic E-state index is 0.776. The fraction of sp³-hybridized carbons (Fsp3) is 0.0526. The molecule has 0 saturated carbocycles. The smallest absolute Gasteiger partial charge is 0.172 e. The van der Waals surface area contributed by atoms with E-state index in [1.165, 1.54) is 0 Å². The summed E-state index contributed by atoms with van der Waals surface area (Å²) in [6.07, 6.45) is 0. The summed E-state index contributed by atoms with van der Waals surface area (Å²) in [4.78, 5) is 0. The first-order valence-corrected chi connectivity index (χ1v) is 8.90. The lowest BCUT2D eigenvalue weighted by atomic mass is 10.1. The second-order valence-electron chi connectivity index (χ2n) is 5.32. The number of benzene rings is 3. The van der Waals surface area contributed by atoms with Crippen LogP contribution < -0.4 is 20.7 Å². The highest BCUT2D eigenvalue weighted by atomic mass is 31.2. The number of hydrogen-bond acceptors (Lipinski definition) is 2. The Hall–Kier alpha value is -2.31. The quantitative estimate of drug-likeness (QED) is 0.531. The molecule has 1 heterocycles. The zero-order valence-electron chi connectivity index (χ0n) is 12.2. The zero-order valence-corrected chi connectivity index (χ0v) is 13.1. The third-order valence-corrected chi connectivity index (χ3v) is 7.34. The van der Waals surface area contributed by atoms with Crippen molar-refractivity contribution >= 4 is 23.1 Å². The van der Waals surface area contributed by atoms with Crippen molar-refractivity contribution in [2.45, 2.75) is 0 Å². The van der Waals surface area contributed by atoms with Gasteiger partial charge in [-0.1, -0.05) is 60.7 Å². The molecule has 22 heavy (non-hydrogen) atoms. The van der Waals surface area contributed by atoms with Crippen molar-refractivity contribution in [1.82, 2.24) is 0 Å². The number of ether oxygens (including phenoxy) is 1. The Labute approximate surface area is 129 Å². The van der Waals surface area contributed by atoms with Gasteiger partial charge in [-0.2, -0.15) is 0 Å². The summed E-state index contributed by atoms with van der Waals surface area (Å²) >= 11 is 0. The van der Waals surface area contributed by atoms with E-state index in [4.69, 9.17) is 4.74 Å². The van der Waals surface area contributed by atoms with Crippen LogP contribution in [0, 0.1) is 0 Å². The molecule has 1 unspecified atom stereocenters. The standard InChI is InChI=1S/C19H15O2P/c1-21-16-11-7-13-18-19(16)15-10-5-6-12-17(15)22(18,20)14-8-3-2-4-9-14/h2-13H,1H3. The van der Waals surface area contributed by atoms with Gasteiger partial charge in [-0.05, 0) is 17.7 Å². The Bertz CT molecular complexity index is 900. The molecule has 108 valence electrons. The second kappa shape index (κ2) is 4.86. The molecular formula is C19H15O2P. The molecule has 1 atom stereocenters. The van der Waals surface area contributed by atoms with Crippen molar-refractivity contribution in [1.29, 1.82) is 0 Å². The first-order chi connectivity index (χ1) is 10.8. The van der Waals surface area contributed by atoms with Crippen molar-refractivity contribution in [2.24, 2.45) is 0 Å². The number of rotatable bonds is 2. The Kier molecular flexibility index (Phi) is 2.95. The van der Waals surface area contributed by atoms with E-state index < -0.39 is 7.14 Å². The highest BCUT2D eigenvalue weighted by Crippen LogP contribution is 2.54. The maximum atomic E-state index is 14.1. The molecule has 0 spiro atoms. The Morgan fingerprint density at radius 2 is 1.45 bits per heavy atom. The third-order valence-electron chi connectivity index (χ3n) is 4.20. The van der Waals surface area contributed by atoms with E-state index in [0.29, 0.717) is 0 Å². The monoisotopic (exact) mass is 306 g/mol. The lowest BCUT2D eigenvalue weighted by Crippen LogP contribution is -2.20. The molecule has 0 N–H and O–H groups in total. The maximum Gasteiger partial charge on any atom is 0.172 e. The Balaban J connectivity index is 2.14. The normalized spacial score (nSPS) is 18.6. The number of methoxy groups -OCH3 is 1. The van der Waals surface area contributed by atoms with E-state index in [-0.39, 0.29) is 0 Å². The molecule has 4 rings (SSSR count). The van der Waals surface area contributed by atoms with Crippen LogP contribution in [0.1, 0.15) is 0 Å². The third kappa shape index (κ3) is 1.65. The van der Waals surface area contributed by atoms with E-state index in [0.717, 1.165) is 32.8 Å². The first kappa shape index (κ1) is 13.4. The zero-order chi connectivity index (χ0) is 15.2. The molecule has 0 saturated heterocycles. The topological polar surface area (TPSA) is 26.3 Å². The van der Waals surface area contributed by atoms with Gasteiger partial charge in [0.15, 0.2) is 7.14 Å². The molecule has 0 aliphatic carbocycles. The van der Waals surface area contributed by atoms with Crippen LogP contribution in [-0.4, -0.2) is 7.11 Å². The van der Waals surface area contributed by atoms with Gasteiger partial charge in [-0.3, -0.25) is 0 Å². The molecule has 2 nitrogen and oxygen atoms in total. The molecule has 1 aliphatic rings. The van der Waals surface area contributed by atoms with E-state index in [2.05, 4.69) is 0 Å². The average molecular weight is 306 g/mol. The van der Waals surface area contributed by atoms with Gasteiger partial charge in [0.1, 0.15) is 5.75 Å². The summed E-state index contributed by atoms with van der Waals surface area (Å²) in [5, 5.41) is 2.65. The molecule has 0 radical (unpaired) electrons. The largest absolute Gasteiger partial charge is 0.496 e. The van der Waals surface area contributed by atoms with Crippen LogP contribution in [0.25, 0.3) is 11.1 Å². The minimum atomic E-state index is -2.82. The van der Waals surface area contributed by atoms with Crippen LogP contribution in [0.4, 0.5) is 0 Å². The number of hydrogen-bond donors (Lipinski definition) is 0. The van der Waals surface area contributed by atoms with Crippen molar-refractivity contribution in [3.8, 4) is 16.9 Å². The van der Waals surface area contributed by atoms with Gasteiger partial charge >= 0.3 is 0 Å². The summed E-state index contributed by atoms with van der Waals surface area (Å²) in [5.74, 6) is 0.776. The highest BCUT2D eigenvalue weighted by Gasteiger charge is 2.41. The molecule has 0 fully saturated rings. The lowest BCUT2D eigenvalue weighted by molar-refractivity contribution is 0.417. The fourth-order valence-electron chi connectivity index (χ4n) is 3.23. The van der Waals surface area contributed by atoms with Crippen LogP contribution in [0.5, 0.6) is 5.75 Å². The molecular weight excluding hydrogens is 291 g/mol. The van der Waals surface area contributed by atoms with Gasteiger partial charge in [0.25, 0.3) is 0 Å². The summed E-state index contributed by atoms with van der Waals surface area (Å²) in [5.41, 5.74) is 1.98. The fourth-order valence-corrected chi connectivity index (χ4v) is 6.30. The molecule has 1 aliphatic heterocycles. The van der Waals surface area contributed by atoms with Crippen LogP contribution in [-0.2, 0) is 4.57 Å². The van der Waals surface area contributed by atoms with Crippen LogP contribution in [0.2, 0.25) is 0 Å². The van der Waals surface area contributed by atoms with Gasteiger partial charge in [-0.25, -0.2) is 0 Å². The highest BCUT2D eigenvalue weighted by molar-refractivity contribution is 7.86. The van der Waals surface area contributed by atoms with Crippen LogP contribution >= 0.6 is 7.14 Å². The molecule has 0 bridgehead atoms. The SMILES string of the molecule is COc1cccc2c1-c1ccccc1P2(=O)c1ccccc1. The molecule has 3 aromatic carbocycles. The van der Waals surface area contributed by atoms with Crippen molar-refractivity contribution in [2.75, 3.05) is 7.11 Å². The first-order valence-electron chi connectivity index (χ1n) is 7.20. The van der Waals surface area contributed by atoms with Crippen molar-refractivity contribution in [3.05, 3.63) is 72.8 Å².